The van der Waals surface area contributed by atoms with Gasteiger partial charge in [-0.25, -0.2) is 0 Å². The van der Waals surface area contributed by atoms with E-state index in [9.17, 15) is 14.3 Å². The molecule has 1 saturated heterocycles. The third-order valence-corrected chi connectivity index (χ3v) is 9.16. The number of rotatable bonds is 12. The number of H-pyrrole nitrogens is 1. The Morgan fingerprint density at radius 1 is 1.08 bits per heavy atom. The summed E-state index contributed by atoms with van der Waals surface area (Å²) in [6, 6.07) is 17.5. The molecule has 1 aliphatic rings. The number of benzene rings is 2. The molecule has 0 radical (unpaired) electrons. The van der Waals surface area contributed by atoms with E-state index in [1.54, 1.807) is 24.3 Å². The summed E-state index contributed by atoms with van der Waals surface area (Å²) in [6.45, 7) is 6.21. The van der Waals surface area contributed by atoms with Gasteiger partial charge in [-0.3, -0.25) is 18.4 Å². The second-order valence-corrected chi connectivity index (χ2v) is 12.2. The summed E-state index contributed by atoms with van der Waals surface area (Å²) in [7, 11) is -4.34. The van der Waals surface area contributed by atoms with Crippen molar-refractivity contribution in [1.82, 2.24) is 4.98 Å². The molecule has 11 heteroatoms. The number of thiophene rings is 1. The Labute approximate surface area is 231 Å². The fraction of sp³-hybridized carbons (Fsp3) is 0.393. The number of phosphoric ester groups is 1. The molecule has 2 aromatic heterocycles. The molecule has 1 atom stereocenters. The molecule has 1 fully saturated rings. The van der Waals surface area contributed by atoms with Crippen molar-refractivity contribution in [2.75, 3.05) is 57.6 Å². The molecule has 5 rings (SSSR count). The number of nitrogens with one attached hydrogen (secondary N) is 1. The largest absolute Gasteiger partial charge is 0.756 e. The summed E-state index contributed by atoms with van der Waals surface area (Å²) in [5.41, 5.74) is 1.82. The Morgan fingerprint density at radius 2 is 1.90 bits per heavy atom. The highest BCUT2D eigenvalue weighted by Gasteiger charge is 2.34. The number of piperazine rings is 1. The van der Waals surface area contributed by atoms with Gasteiger partial charge in [-0.05, 0) is 66.9 Å². The number of aromatic nitrogens is 1. The van der Waals surface area contributed by atoms with Gasteiger partial charge in [0.05, 0.1) is 51.5 Å². The summed E-state index contributed by atoms with van der Waals surface area (Å²) >= 11 is 1.74. The van der Waals surface area contributed by atoms with Crippen LogP contribution in [0.4, 0.5) is 5.69 Å². The lowest BCUT2D eigenvalue weighted by atomic mass is 10.1. The lowest BCUT2D eigenvalue weighted by Crippen LogP contribution is -2.61. The molecule has 0 saturated carbocycles. The van der Waals surface area contributed by atoms with Crippen molar-refractivity contribution >= 4 is 45.8 Å². The number of hydrogen-bond donors (Lipinski definition) is 1. The van der Waals surface area contributed by atoms with Crippen molar-refractivity contribution in [3.05, 3.63) is 70.3 Å². The highest BCUT2D eigenvalue weighted by Crippen LogP contribution is 2.39. The predicted octanol–water partition coefficient (Wildman–Crippen LogP) is 4.72. The number of ether oxygens (including phenoxy) is 1. The zero-order valence-electron chi connectivity index (χ0n) is 22.0. The Bertz CT molecular complexity index is 1510. The quantitative estimate of drug-likeness (QED) is 0.149. The molecule has 1 unspecified atom stereocenters. The number of unbranched alkanes of at least 4 members (excludes halogenated alkanes) is 1. The maximum atomic E-state index is 12.2. The van der Waals surface area contributed by atoms with Crippen LogP contribution in [-0.4, -0.2) is 62.1 Å². The molecule has 39 heavy (non-hydrogen) atoms. The molecular formula is C28H34N3O6PS. The van der Waals surface area contributed by atoms with Gasteiger partial charge in [0.2, 0.25) is 5.56 Å². The smallest absolute Gasteiger partial charge is 0.272 e. The molecule has 3 heterocycles. The maximum Gasteiger partial charge on any atom is 0.272 e. The van der Waals surface area contributed by atoms with Crippen LogP contribution < -0.4 is 20.1 Å². The summed E-state index contributed by atoms with van der Waals surface area (Å²) in [5.74, 6) is 0.705. The van der Waals surface area contributed by atoms with Crippen LogP contribution in [0.15, 0.2) is 64.8 Å². The normalized spacial score (nSPS) is 16.9. The van der Waals surface area contributed by atoms with Crippen molar-refractivity contribution in [2.45, 2.75) is 19.8 Å². The van der Waals surface area contributed by atoms with Gasteiger partial charge < -0.3 is 24.0 Å². The Morgan fingerprint density at radius 3 is 2.72 bits per heavy atom. The zero-order chi connectivity index (χ0) is 27.3. The summed E-state index contributed by atoms with van der Waals surface area (Å²) in [6.07, 6.45) is 1.66. The fourth-order valence-electron chi connectivity index (χ4n) is 5.15. The average Bonchev–Trinajstić information content (AvgIpc) is 3.41. The van der Waals surface area contributed by atoms with Crippen molar-refractivity contribution in [1.29, 1.82) is 0 Å². The van der Waals surface area contributed by atoms with E-state index < -0.39 is 7.82 Å². The molecule has 4 aromatic rings. The van der Waals surface area contributed by atoms with E-state index in [1.807, 2.05) is 18.2 Å². The molecule has 2 aromatic carbocycles. The molecule has 0 bridgehead atoms. The van der Waals surface area contributed by atoms with Gasteiger partial charge in [0.25, 0.3) is 7.82 Å². The van der Waals surface area contributed by atoms with Crippen LogP contribution in [0.1, 0.15) is 19.8 Å². The Kier molecular flexibility index (Phi) is 8.71. The molecule has 0 amide bonds. The van der Waals surface area contributed by atoms with E-state index in [2.05, 4.69) is 39.5 Å². The molecule has 1 N–H and O–H groups in total. The van der Waals surface area contributed by atoms with E-state index in [0.717, 1.165) is 56.5 Å². The number of anilines is 1. The summed E-state index contributed by atoms with van der Waals surface area (Å²) in [4.78, 5) is 29.0. The molecule has 0 aliphatic carbocycles. The van der Waals surface area contributed by atoms with Crippen LogP contribution in [0.2, 0.25) is 0 Å². The van der Waals surface area contributed by atoms with Crippen LogP contribution in [0, 0.1) is 0 Å². The molecular weight excluding hydrogens is 537 g/mol. The third-order valence-electron chi connectivity index (χ3n) is 7.27. The molecule has 1 aliphatic heterocycles. The van der Waals surface area contributed by atoms with Gasteiger partial charge in [0, 0.05) is 27.9 Å². The number of pyridine rings is 1. The first-order valence-electron chi connectivity index (χ1n) is 13.3. The highest BCUT2D eigenvalue weighted by molar-refractivity contribution is 7.45. The van der Waals surface area contributed by atoms with E-state index in [0.29, 0.717) is 16.8 Å². The Hall–Kier alpha value is -2.72. The van der Waals surface area contributed by atoms with Crippen molar-refractivity contribution in [3.63, 3.8) is 0 Å². The monoisotopic (exact) mass is 571 g/mol. The van der Waals surface area contributed by atoms with Gasteiger partial charge in [-0.15, -0.1) is 11.3 Å². The minimum atomic E-state index is -4.34. The lowest BCUT2D eigenvalue weighted by Gasteiger charge is -2.46. The van der Waals surface area contributed by atoms with Crippen LogP contribution >= 0.6 is 19.2 Å². The number of quaternary nitrogens is 1. The van der Waals surface area contributed by atoms with Crippen molar-refractivity contribution < 1.29 is 27.7 Å². The first kappa shape index (κ1) is 27.8. The number of hydrogen-bond acceptors (Lipinski definition) is 8. The number of fused-ring (bicyclic) bond motifs is 2. The first-order valence-corrected chi connectivity index (χ1v) is 15.6. The van der Waals surface area contributed by atoms with Crippen LogP contribution in [-0.2, 0) is 13.6 Å². The zero-order valence-corrected chi connectivity index (χ0v) is 23.8. The van der Waals surface area contributed by atoms with Crippen molar-refractivity contribution in [2.24, 2.45) is 0 Å². The van der Waals surface area contributed by atoms with Crippen molar-refractivity contribution in [3.8, 4) is 5.75 Å². The Balaban J connectivity index is 1.19. The van der Waals surface area contributed by atoms with Crippen LogP contribution in [0.3, 0.4) is 0 Å². The summed E-state index contributed by atoms with van der Waals surface area (Å²) in [5, 5.41) is 4.32. The van der Waals surface area contributed by atoms with Gasteiger partial charge in [0.15, 0.2) is 6.73 Å². The second kappa shape index (κ2) is 12.2. The number of nitrogens with zero attached hydrogens (tertiary/aromatic N) is 2. The number of phosphoric acid groups is 1. The molecule has 208 valence electrons. The van der Waals surface area contributed by atoms with E-state index in [-0.39, 0.29) is 18.9 Å². The maximum absolute atomic E-state index is 12.2. The summed E-state index contributed by atoms with van der Waals surface area (Å²) < 4.78 is 30.2. The first-order chi connectivity index (χ1) is 18.9. The average molecular weight is 572 g/mol. The fourth-order valence-corrected chi connectivity index (χ4v) is 6.73. The lowest BCUT2D eigenvalue weighted by molar-refractivity contribution is -0.943. The second-order valence-electron chi connectivity index (χ2n) is 9.86. The topological polar surface area (TPSA) is 104 Å². The minimum Gasteiger partial charge on any atom is -0.756 e. The van der Waals surface area contributed by atoms with Gasteiger partial charge in [-0.2, -0.15) is 0 Å². The molecule has 0 spiro atoms. The van der Waals surface area contributed by atoms with E-state index in [4.69, 9.17) is 13.8 Å². The standard InChI is InChI=1S/C28H34N3O6PS/c1-2-36-38(33,34)37-21-31(16-13-30(14-17-31)26-6-5-7-27-24(26)12-19-39-27)15-3-4-18-35-23-10-8-22-9-11-28(32)29-25(22)20-23/h5-12,19-20H,2-4,13-18,21H2,1H3,(H-,29,32,33,34). The predicted molar refractivity (Wildman–Crippen MR) is 153 cm³/mol. The van der Waals surface area contributed by atoms with Crippen LogP contribution in [0.25, 0.3) is 21.0 Å². The van der Waals surface area contributed by atoms with Crippen LogP contribution in [0.5, 0.6) is 5.75 Å². The van der Waals surface area contributed by atoms with Gasteiger partial charge >= 0.3 is 0 Å². The minimum absolute atomic E-state index is 0.0548. The van der Waals surface area contributed by atoms with E-state index in [1.165, 1.54) is 21.8 Å². The SMILES string of the molecule is CCOP(=O)([O-])OC[N+]1(CCCCOc2ccc3ccc(=O)[nH]c3c2)CCN(c2cccc3sccc23)CC1. The molecule has 9 nitrogen and oxygen atoms in total. The van der Waals surface area contributed by atoms with Gasteiger partial charge in [-0.1, -0.05) is 6.07 Å². The van der Waals surface area contributed by atoms with Gasteiger partial charge in [0.1, 0.15) is 5.75 Å². The third kappa shape index (κ3) is 6.90. The number of aromatic amines is 1. The highest BCUT2D eigenvalue weighted by atomic mass is 32.1. The van der Waals surface area contributed by atoms with E-state index >= 15 is 0 Å².